The van der Waals surface area contributed by atoms with E-state index in [2.05, 4.69) is 17.3 Å². The molecule has 0 saturated carbocycles. The Kier molecular flexibility index (Phi) is 4.42. The molecule has 2 nitrogen and oxygen atoms in total. The van der Waals surface area contributed by atoms with Crippen LogP contribution < -0.4 is 5.32 Å². The predicted molar refractivity (Wildman–Crippen MR) is 71.1 cm³/mol. The van der Waals surface area contributed by atoms with Gasteiger partial charge >= 0.3 is 0 Å². The van der Waals surface area contributed by atoms with Gasteiger partial charge in [-0.25, -0.2) is 4.39 Å². The van der Waals surface area contributed by atoms with Crippen molar-refractivity contribution in [2.75, 3.05) is 32.4 Å². The van der Waals surface area contributed by atoms with E-state index in [0.717, 1.165) is 31.0 Å². The molecule has 94 valence electrons. The van der Waals surface area contributed by atoms with Gasteiger partial charge in [0.15, 0.2) is 0 Å². The number of nitrogens with zero attached hydrogens (tertiary/aromatic N) is 1. The summed E-state index contributed by atoms with van der Waals surface area (Å²) in [5.41, 5.74) is 1.03. The van der Waals surface area contributed by atoms with E-state index in [9.17, 15) is 4.39 Å². The number of hydrogen-bond acceptors (Lipinski definition) is 3. The number of piperazine rings is 1. The van der Waals surface area contributed by atoms with Crippen molar-refractivity contribution in [3.63, 3.8) is 0 Å². The van der Waals surface area contributed by atoms with Crippen LogP contribution in [0.1, 0.15) is 5.56 Å². The fourth-order valence-corrected chi connectivity index (χ4v) is 3.12. The van der Waals surface area contributed by atoms with Crippen molar-refractivity contribution >= 4 is 11.8 Å². The van der Waals surface area contributed by atoms with Crippen LogP contribution in [0.4, 0.5) is 4.39 Å². The zero-order valence-electron chi connectivity index (χ0n) is 10.4. The van der Waals surface area contributed by atoms with Crippen LogP contribution in [0.3, 0.4) is 0 Å². The second-order valence-corrected chi connectivity index (χ2v) is 5.70. The van der Waals surface area contributed by atoms with Crippen molar-refractivity contribution < 1.29 is 4.39 Å². The summed E-state index contributed by atoms with van der Waals surface area (Å²) in [5.74, 6) is 0.888. The Hall–Kier alpha value is -0.580. The van der Waals surface area contributed by atoms with Gasteiger partial charge < -0.3 is 10.2 Å². The van der Waals surface area contributed by atoms with E-state index in [4.69, 9.17) is 0 Å². The lowest BCUT2D eigenvalue weighted by atomic mass is 10.2. The third kappa shape index (κ3) is 3.69. The first-order valence-electron chi connectivity index (χ1n) is 5.96. The number of hydrogen-bond donors (Lipinski definition) is 1. The van der Waals surface area contributed by atoms with Crippen LogP contribution in [0.15, 0.2) is 23.1 Å². The zero-order chi connectivity index (χ0) is 12.3. The molecule has 2 rings (SSSR count). The maximum atomic E-state index is 13.0. The van der Waals surface area contributed by atoms with Crippen molar-refractivity contribution in [1.82, 2.24) is 10.2 Å². The number of rotatable bonds is 3. The summed E-state index contributed by atoms with van der Waals surface area (Å²) in [5, 5.41) is 3.51. The van der Waals surface area contributed by atoms with Gasteiger partial charge in [0, 0.05) is 36.3 Å². The lowest BCUT2D eigenvalue weighted by molar-refractivity contribution is 0.250. The van der Waals surface area contributed by atoms with Gasteiger partial charge in [0.2, 0.25) is 0 Å². The minimum Gasteiger partial charge on any atom is -0.311 e. The van der Waals surface area contributed by atoms with Gasteiger partial charge in [0.25, 0.3) is 0 Å². The van der Waals surface area contributed by atoms with E-state index in [1.54, 1.807) is 6.07 Å². The molecule has 0 aliphatic carbocycles. The summed E-state index contributed by atoms with van der Waals surface area (Å²) in [6, 6.07) is 5.55. The Labute approximate surface area is 107 Å². The second kappa shape index (κ2) is 5.85. The molecule has 1 aliphatic heterocycles. The van der Waals surface area contributed by atoms with Crippen LogP contribution in [0.2, 0.25) is 0 Å². The second-order valence-electron chi connectivity index (χ2n) is 4.63. The van der Waals surface area contributed by atoms with Gasteiger partial charge in [-0.2, -0.15) is 0 Å². The maximum absolute atomic E-state index is 13.0. The fourth-order valence-electron chi connectivity index (χ4n) is 2.07. The molecule has 0 radical (unpaired) electrons. The van der Waals surface area contributed by atoms with E-state index in [1.165, 1.54) is 11.0 Å². The molecule has 4 heteroatoms. The van der Waals surface area contributed by atoms with Crippen molar-refractivity contribution in [3.05, 3.63) is 29.6 Å². The van der Waals surface area contributed by atoms with Crippen molar-refractivity contribution in [1.29, 1.82) is 0 Å². The standard InChI is InChI=1S/C13H19FN2S/c1-10-7-11(14)3-4-13(10)17-9-12-8-16(2)6-5-15-12/h3-4,7,12,15H,5-6,8-9H2,1-2H3. The van der Waals surface area contributed by atoms with Crippen LogP contribution in [-0.2, 0) is 0 Å². The Bertz CT molecular complexity index is 384. The molecule has 1 unspecified atom stereocenters. The molecule has 17 heavy (non-hydrogen) atoms. The van der Waals surface area contributed by atoms with Crippen molar-refractivity contribution in [3.8, 4) is 0 Å². The van der Waals surface area contributed by atoms with E-state index in [0.29, 0.717) is 6.04 Å². The Morgan fingerprint density at radius 2 is 2.35 bits per heavy atom. The zero-order valence-corrected chi connectivity index (χ0v) is 11.2. The van der Waals surface area contributed by atoms with Gasteiger partial charge in [0.05, 0.1) is 0 Å². The summed E-state index contributed by atoms with van der Waals surface area (Å²) in [6.45, 7) is 5.24. The van der Waals surface area contributed by atoms with E-state index in [-0.39, 0.29) is 5.82 Å². The highest BCUT2D eigenvalue weighted by molar-refractivity contribution is 7.99. The lowest BCUT2D eigenvalue weighted by Gasteiger charge is -2.30. The molecule has 1 aliphatic rings. The first kappa shape index (κ1) is 12.9. The highest BCUT2D eigenvalue weighted by Crippen LogP contribution is 2.24. The molecule has 1 aromatic rings. The van der Waals surface area contributed by atoms with Gasteiger partial charge in [-0.15, -0.1) is 11.8 Å². The number of halogens is 1. The monoisotopic (exact) mass is 254 g/mol. The molecule has 1 heterocycles. The quantitative estimate of drug-likeness (QED) is 0.832. The number of likely N-dealkylation sites (N-methyl/N-ethyl adjacent to an activating group) is 1. The van der Waals surface area contributed by atoms with Crippen molar-refractivity contribution in [2.45, 2.75) is 17.9 Å². The largest absolute Gasteiger partial charge is 0.311 e. The number of thioether (sulfide) groups is 1. The van der Waals surface area contributed by atoms with Crippen LogP contribution in [-0.4, -0.2) is 43.4 Å². The maximum Gasteiger partial charge on any atom is 0.123 e. The number of aryl methyl sites for hydroxylation is 1. The van der Waals surface area contributed by atoms with Crippen LogP contribution in [0.5, 0.6) is 0 Å². The predicted octanol–water partition coefficient (Wildman–Crippen LogP) is 2.13. The van der Waals surface area contributed by atoms with Gasteiger partial charge in [0.1, 0.15) is 5.82 Å². The van der Waals surface area contributed by atoms with E-state index < -0.39 is 0 Å². The SMILES string of the molecule is Cc1cc(F)ccc1SCC1CN(C)CCN1. The highest BCUT2D eigenvalue weighted by Gasteiger charge is 2.16. The molecule has 1 atom stereocenters. The smallest absolute Gasteiger partial charge is 0.123 e. The van der Waals surface area contributed by atoms with Gasteiger partial charge in [-0.05, 0) is 37.7 Å². The minimum absolute atomic E-state index is 0.151. The molecular weight excluding hydrogens is 235 g/mol. The summed E-state index contributed by atoms with van der Waals surface area (Å²) < 4.78 is 13.0. The van der Waals surface area contributed by atoms with Crippen LogP contribution in [0, 0.1) is 12.7 Å². The van der Waals surface area contributed by atoms with E-state index >= 15 is 0 Å². The highest BCUT2D eigenvalue weighted by atomic mass is 32.2. The minimum atomic E-state index is -0.151. The summed E-state index contributed by atoms with van der Waals surface area (Å²) in [4.78, 5) is 3.53. The molecule has 0 bridgehead atoms. The molecule has 1 aromatic carbocycles. The Morgan fingerprint density at radius 1 is 1.53 bits per heavy atom. The number of benzene rings is 1. The molecular formula is C13H19FN2S. The van der Waals surface area contributed by atoms with Crippen molar-refractivity contribution in [2.24, 2.45) is 0 Å². The first-order valence-corrected chi connectivity index (χ1v) is 6.94. The molecule has 0 aromatic heterocycles. The van der Waals surface area contributed by atoms with E-state index in [1.807, 2.05) is 24.8 Å². The summed E-state index contributed by atoms with van der Waals surface area (Å²) in [6.07, 6.45) is 0. The molecule has 1 saturated heterocycles. The lowest BCUT2D eigenvalue weighted by Crippen LogP contribution is -2.50. The van der Waals surface area contributed by atoms with Gasteiger partial charge in [-0.1, -0.05) is 0 Å². The number of nitrogens with one attached hydrogen (secondary N) is 1. The molecule has 0 spiro atoms. The van der Waals surface area contributed by atoms with Gasteiger partial charge in [-0.3, -0.25) is 0 Å². The molecule has 1 N–H and O–H groups in total. The average molecular weight is 254 g/mol. The third-order valence-electron chi connectivity index (χ3n) is 3.04. The van der Waals surface area contributed by atoms with Crippen LogP contribution in [0.25, 0.3) is 0 Å². The summed E-state index contributed by atoms with van der Waals surface area (Å²) >= 11 is 1.81. The molecule has 0 amide bonds. The molecule has 1 fully saturated rings. The normalized spacial score (nSPS) is 21.7. The Morgan fingerprint density at radius 3 is 3.06 bits per heavy atom. The Balaban J connectivity index is 1.88. The fraction of sp³-hybridized carbons (Fsp3) is 0.538. The topological polar surface area (TPSA) is 15.3 Å². The average Bonchev–Trinajstić information content (AvgIpc) is 2.28. The first-order chi connectivity index (χ1) is 8.15. The third-order valence-corrected chi connectivity index (χ3v) is 4.37. The summed E-state index contributed by atoms with van der Waals surface area (Å²) in [7, 11) is 2.15. The van der Waals surface area contributed by atoms with Crippen LogP contribution >= 0.6 is 11.8 Å².